The van der Waals surface area contributed by atoms with Gasteiger partial charge < -0.3 is 15.5 Å². The van der Waals surface area contributed by atoms with Gasteiger partial charge >= 0.3 is 0 Å². The van der Waals surface area contributed by atoms with Gasteiger partial charge in [-0.2, -0.15) is 0 Å². The lowest BCUT2D eigenvalue weighted by Crippen LogP contribution is -2.47. The Hall–Kier alpha value is -1.66. The lowest BCUT2D eigenvalue weighted by atomic mass is 10.1. The van der Waals surface area contributed by atoms with Crippen molar-refractivity contribution in [2.45, 2.75) is 6.92 Å². The maximum absolute atomic E-state index is 12.6. The summed E-state index contributed by atoms with van der Waals surface area (Å²) in [6.07, 6.45) is 1.76. The summed E-state index contributed by atoms with van der Waals surface area (Å²) in [6, 6.07) is 1.93. The van der Waals surface area contributed by atoms with Gasteiger partial charge in [0, 0.05) is 37.8 Å². The van der Waals surface area contributed by atoms with Crippen molar-refractivity contribution in [3.8, 4) is 0 Å². The van der Waals surface area contributed by atoms with Crippen molar-refractivity contribution in [2.75, 3.05) is 39.0 Å². The Labute approximate surface area is 122 Å². The number of pyridine rings is 1. The lowest BCUT2D eigenvalue weighted by molar-refractivity contribution is 0.0670. The molecule has 1 aliphatic rings. The highest BCUT2D eigenvalue weighted by molar-refractivity contribution is 7.21. The van der Waals surface area contributed by atoms with E-state index in [-0.39, 0.29) is 5.91 Å². The van der Waals surface area contributed by atoms with Gasteiger partial charge in [-0.1, -0.05) is 0 Å². The molecule has 0 saturated carbocycles. The molecular weight excluding hydrogens is 272 g/mol. The molecule has 0 aliphatic carbocycles. The maximum Gasteiger partial charge on any atom is 0.266 e. The van der Waals surface area contributed by atoms with Crippen LogP contribution in [-0.2, 0) is 0 Å². The number of anilines is 1. The molecule has 2 N–H and O–H groups in total. The van der Waals surface area contributed by atoms with Crippen LogP contribution in [0, 0.1) is 6.92 Å². The van der Waals surface area contributed by atoms with Crippen LogP contribution in [0.4, 0.5) is 5.69 Å². The zero-order valence-corrected chi connectivity index (χ0v) is 12.5. The summed E-state index contributed by atoms with van der Waals surface area (Å²) in [7, 11) is 2.07. The molecule has 0 unspecified atom stereocenters. The highest BCUT2D eigenvalue weighted by Crippen LogP contribution is 2.35. The van der Waals surface area contributed by atoms with Crippen molar-refractivity contribution in [1.82, 2.24) is 14.8 Å². The number of piperazine rings is 1. The van der Waals surface area contributed by atoms with E-state index in [2.05, 4.69) is 16.9 Å². The predicted molar refractivity (Wildman–Crippen MR) is 82.2 cm³/mol. The summed E-state index contributed by atoms with van der Waals surface area (Å²) in [6.45, 7) is 5.34. The van der Waals surface area contributed by atoms with Crippen molar-refractivity contribution in [2.24, 2.45) is 0 Å². The minimum absolute atomic E-state index is 0.0398. The molecule has 6 heteroatoms. The minimum atomic E-state index is 0.0398. The van der Waals surface area contributed by atoms with Crippen LogP contribution in [-0.4, -0.2) is 53.9 Å². The van der Waals surface area contributed by atoms with E-state index in [0.717, 1.165) is 42.0 Å². The Morgan fingerprint density at radius 2 is 2.05 bits per heavy atom. The van der Waals surface area contributed by atoms with Gasteiger partial charge in [0.1, 0.15) is 9.71 Å². The van der Waals surface area contributed by atoms with Crippen molar-refractivity contribution >= 4 is 33.1 Å². The monoisotopic (exact) mass is 290 g/mol. The second-order valence-corrected chi connectivity index (χ2v) is 6.25. The molecule has 1 aliphatic heterocycles. The van der Waals surface area contributed by atoms with Crippen molar-refractivity contribution in [3.05, 3.63) is 22.7 Å². The molecule has 3 rings (SSSR count). The zero-order chi connectivity index (χ0) is 14.3. The third-order valence-corrected chi connectivity index (χ3v) is 4.92. The summed E-state index contributed by atoms with van der Waals surface area (Å²) >= 11 is 1.40. The first-order chi connectivity index (χ1) is 9.58. The number of carbonyl (C=O) groups excluding carboxylic acids is 1. The third kappa shape index (κ3) is 2.14. The fourth-order valence-electron chi connectivity index (χ4n) is 2.52. The summed E-state index contributed by atoms with van der Waals surface area (Å²) in [5.74, 6) is 0.0398. The SMILES string of the molecule is Cc1ccnc2sc(C(=O)N3CCN(C)CC3)c(N)c12. The standard InChI is InChI=1S/C14H18N4OS/c1-9-3-4-16-13-10(9)11(15)12(20-13)14(19)18-7-5-17(2)6-8-18/h3-4H,5-8,15H2,1-2H3. The summed E-state index contributed by atoms with van der Waals surface area (Å²) in [5.41, 5.74) is 7.84. The highest BCUT2D eigenvalue weighted by Gasteiger charge is 2.25. The van der Waals surface area contributed by atoms with Crippen LogP contribution in [0.5, 0.6) is 0 Å². The van der Waals surface area contributed by atoms with Crippen LogP contribution in [0.15, 0.2) is 12.3 Å². The van der Waals surface area contributed by atoms with E-state index in [1.165, 1.54) is 11.3 Å². The number of likely N-dealkylation sites (N-methyl/N-ethyl adjacent to an activating group) is 1. The van der Waals surface area contributed by atoms with E-state index >= 15 is 0 Å². The molecule has 2 aromatic rings. The van der Waals surface area contributed by atoms with Gasteiger partial charge in [-0.05, 0) is 25.6 Å². The lowest BCUT2D eigenvalue weighted by Gasteiger charge is -2.32. The molecule has 1 saturated heterocycles. The van der Waals surface area contributed by atoms with E-state index < -0.39 is 0 Å². The van der Waals surface area contributed by atoms with Crippen LogP contribution in [0.1, 0.15) is 15.2 Å². The average molecular weight is 290 g/mol. The minimum Gasteiger partial charge on any atom is -0.397 e. The summed E-state index contributed by atoms with van der Waals surface area (Å²) in [4.78, 5) is 22.5. The number of fused-ring (bicyclic) bond motifs is 1. The molecule has 20 heavy (non-hydrogen) atoms. The van der Waals surface area contributed by atoms with Crippen LogP contribution in [0.2, 0.25) is 0 Å². The van der Waals surface area contributed by atoms with Gasteiger partial charge in [0.25, 0.3) is 5.91 Å². The van der Waals surface area contributed by atoms with Crippen LogP contribution >= 0.6 is 11.3 Å². The third-order valence-electron chi connectivity index (χ3n) is 3.82. The molecule has 0 radical (unpaired) electrons. The quantitative estimate of drug-likeness (QED) is 0.866. The zero-order valence-electron chi connectivity index (χ0n) is 11.7. The normalized spacial score (nSPS) is 16.8. The molecule has 5 nitrogen and oxygen atoms in total. The average Bonchev–Trinajstić information content (AvgIpc) is 2.77. The first-order valence-corrected chi connectivity index (χ1v) is 7.51. The van der Waals surface area contributed by atoms with Crippen molar-refractivity contribution in [3.63, 3.8) is 0 Å². The van der Waals surface area contributed by atoms with Crippen LogP contribution in [0.25, 0.3) is 10.2 Å². The van der Waals surface area contributed by atoms with E-state index in [9.17, 15) is 4.79 Å². The number of nitrogens with zero attached hydrogens (tertiary/aromatic N) is 3. The summed E-state index contributed by atoms with van der Waals surface area (Å²) in [5, 5.41) is 0.926. The van der Waals surface area contributed by atoms with Gasteiger partial charge in [-0.3, -0.25) is 4.79 Å². The first-order valence-electron chi connectivity index (χ1n) is 6.69. The molecule has 1 amide bonds. The number of hydrogen-bond donors (Lipinski definition) is 1. The van der Waals surface area contributed by atoms with E-state index in [1.807, 2.05) is 17.9 Å². The molecule has 106 valence electrons. The molecule has 0 atom stereocenters. The van der Waals surface area contributed by atoms with E-state index in [0.29, 0.717) is 10.6 Å². The number of rotatable bonds is 1. The van der Waals surface area contributed by atoms with Crippen LogP contribution < -0.4 is 5.73 Å². The highest BCUT2D eigenvalue weighted by atomic mass is 32.1. The number of aromatic nitrogens is 1. The molecule has 0 spiro atoms. The first kappa shape index (κ1) is 13.3. The Balaban J connectivity index is 1.96. The van der Waals surface area contributed by atoms with E-state index in [4.69, 9.17) is 5.73 Å². The number of thiophene rings is 1. The largest absolute Gasteiger partial charge is 0.397 e. The van der Waals surface area contributed by atoms with Crippen molar-refractivity contribution < 1.29 is 4.79 Å². The molecule has 3 heterocycles. The number of nitrogen functional groups attached to an aromatic ring is 1. The van der Waals surface area contributed by atoms with Gasteiger partial charge in [-0.15, -0.1) is 11.3 Å². The number of amides is 1. The summed E-state index contributed by atoms with van der Waals surface area (Å²) < 4.78 is 0. The van der Waals surface area contributed by atoms with Crippen molar-refractivity contribution in [1.29, 1.82) is 0 Å². The topological polar surface area (TPSA) is 62.5 Å². The van der Waals surface area contributed by atoms with Gasteiger partial charge in [0.15, 0.2) is 0 Å². The molecule has 0 aromatic carbocycles. The number of carbonyl (C=O) groups is 1. The second-order valence-electron chi connectivity index (χ2n) is 5.25. The van der Waals surface area contributed by atoms with Crippen LogP contribution in [0.3, 0.4) is 0 Å². The Bertz CT molecular complexity index is 658. The molecule has 2 aromatic heterocycles. The molecule has 0 bridgehead atoms. The maximum atomic E-state index is 12.6. The smallest absolute Gasteiger partial charge is 0.266 e. The Morgan fingerprint density at radius 1 is 1.35 bits per heavy atom. The molecule has 1 fully saturated rings. The van der Waals surface area contributed by atoms with Gasteiger partial charge in [0.2, 0.25) is 0 Å². The number of hydrogen-bond acceptors (Lipinski definition) is 5. The Morgan fingerprint density at radius 3 is 2.70 bits per heavy atom. The van der Waals surface area contributed by atoms with E-state index in [1.54, 1.807) is 6.20 Å². The van der Waals surface area contributed by atoms with Gasteiger partial charge in [0.05, 0.1) is 5.69 Å². The number of aryl methyl sites for hydroxylation is 1. The van der Waals surface area contributed by atoms with Gasteiger partial charge in [-0.25, -0.2) is 4.98 Å². The fraction of sp³-hybridized carbons (Fsp3) is 0.429. The fourth-order valence-corrected chi connectivity index (χ4v) is 3.62. The second kappa shape index (κ2) is 5.03. The Kier molecular flexibility index (Phi) is 3.35. The molecular formula is C14H18N4OS. The number of nitrogens with two attached hydrogens (primary N) is 1. The predicted octanol–water partition coefficient (Wildman–Crippen LogP) is 1.57.